The summed E-state index contributed by atoms with van der Waals surface area (Å²) in [6.07, 6.45) is 0. The average Bonchev–Trinajstić information content (AvgIpc) is 3.10. The Morgan fingerprint density at radius 2 is 1.79 bits per heavy atom. The van der Waals surface area contributed by atoms with E-state index in [0.717, 1.165) is 55.0 Å². The van der Waals surface area contributed by atoms with Gasteiger partial charge in [0.2, 0.25) is 5.88 Å². The van der Waals surface area contributed by atoms with Crippen LogP contribution < -0.4 is 4.74 Å². The quantitative estimate of drug-likeness (QED) is 0.679. The number of fused-ring (bicyclic) bond motifs is 1. The van der Waals surface area contributed by atoms with Gasteiger partial charge in [-0.15, -0.1) is 5.10 Å². The summed E-state index contributed by atoms with van der Waals surface area (Å²) in [5.74, 6) is 0.915. The van der Waals surface area contributed by atoms with Gasteiger partial charge in [-0.05, 0) is 42.0 Å². The highest BCUT2D eigenvalue weighted by atomic mass is 35.5. The SMILES string of the molecule is Cc1cc(OCCN2CCOCC2)nn1-c1ccc2cc(O)ccc2c1.OCl. The lowest BCUT2D eigenvalue weighted by molar-refractivity contribution is 0.0320. The third kappa shape index (κ3) is 4.94. The van der Waals surface area contributed by atoms with Gasteiger partial charge in [-0.2, -0.15) is 0 Å². The maximum atomic E-state index is 9.60. The van der Waals surface area contributed by atoms with Gasteiger partial charge in [-0.25, -0.2) is 4.68 Å². The zero-order valence-electron chi connectivity index (χ0n) is 15.7. The van der Waals surface area contributed by atoms with Crippen LogP contribution in [0.1, 0.15) is 5.69 Å². The Morgan fingerprint density at radius 3 is 2.57 bits per heavy atom. The van der Waals surface area contributed by atoms with E-state index in [9.17, 15) is 5.11 Å². The zero-order chi connectivity index (χ0) is 19.9. The molecular formula is C20H24ClN3O4. The molecule has 1 aliphatic rings. The van der Waals surface area contributed by atoms with Gasteiger partial charge in [0.1, 0.15) is 12.4 Å². The lowest BCUT2D eigenvalue weighted by Crippen LogP contribution is -2.38. The summed E-state index contributed by atoms with van der Waals surface area (Å²) in [5, 5.41) is 16.2. The van der Waals surface area contributed by atoms with E-state index in [4.69, 9.17) is 14.1 Å². The highest BCUT2D eigenvalue weighted by molar-refractivity contribution is 6.04. The number of phenolic OH excluding ortho intramolecular Hbond substituents is 1. The summed E-state index contributed by atoms with van der Waals surface area (Å²) < 4.78 is 19.6. The van der Waals surface area contributed by atoms with Crippen LogP contribution in [0.15, 0.2) is 42.5 Å². The van der Waals surface area contributed by atoms with Crippen LogP contribution in [0.2, 0.25) is 0 Å². The van der Waals surface area contributed by atoms with Crippen molar-refractivity contribution in [3.8, 4) is 17.3 Å². The number of aromatic nitrogens is 2. The van der Waals surface area contributed by atoms with Crippen molar-refractivity contribution in [2.75, 3.05) is 39.5 Å². The molecule has 1 aliphatic heterocycles. The number of ether oxygens (including phenoxy) is 2. The van der Waals surface area contributed by atoms with Crippen molar-refractivity contribution < 1.29 is 19.2 Å². The van der Waals surface area contributed by atoms with Crippen molar-refractivity contribution in [2.24, 2.45) is 0 Å². The van der Waals surface area contributed by atoms with Gasteiger partial charge in [0.15, 0.2) is 0 Å². The number of hydrogen-bond acceptors (Lipinski definition) is 6. The molecule has 4 rings (SSSR count). The van der Waals surface area contributed by atoms with Crippen LogP contribution in [0.25, 0.3) is 16.5 Å². The second-order valence-electron chi connectivity index (χ2n) is 6.55. The Morgan fingerprint density at radius 1 is 1.07 bits per heavy atom. The van der Waals surface area contributed by atoms with Gasteiger partial charge < -0.3 is 14.6 Å². The molecule has 0 aliphatic carbocycles. The Kier molecular flexibility index (Phi) is 7.11. The first-order valence-corrected chi connectivity index (χ1v) is 9.42. The number of phenols is 1. The number of nitrogens with zero attached hydrogens (tertiary/aromatic N) is 3. The lowest BCUT2D eigenvalue weighted by atomic mass is 10.1. The summed E-state index contributed by atoms with van der Waals surface area (Å²) in [5.41, 5.74) is 1.99. The Hall–Kier alpha value is -2.32. The number of halogens is 1. The maximum Gasteiger partial charge on any atom is 0.233 e. The molecule has 0 atom stereocenters. The first kappa shape index (κ1) is 20.4. The highest BCUT2D eigenvalue weighted by Gasteiger charge is 2.12. The van der Waals surface area contributed by atoms with Crippen molar-refractivity contribution in [1.29, 1.82) is 0 Å². The molecule has 0 amide bonds. The lowest BCUT2D eigenvalue weighted by Gasteiger charge is -2.26. The predicted molar refractivity (Wildman–Crippen MR) is 108 cm³/mol. The smallest absolute Gasteiger partial charge is 0.233 e. The fourth-order valence-electron chi connectivity index (χ4n) is 3.23. The van der Waals surface area contributed by atoms with Crippen molar-refractivity contribution in [3.05, 3.63) is 48.2 Å². The van der Waals surface area contributed by atoms with E-state index < -0.39 is 0 Å². The van der Waals surface area contributed by atoms with Crippen LogP contribution in [0.5, 0.6) is 11.6 Å². The van der Waals surface area contributed by atoms with Gasteiger partial charge in [-0.1, -0.05) is 12.1 Å². The number of aryl methyl sites for hydroxylation is 1. The Bertz CT molecular complexity index is 910. The van der Waals surface area contributed by atoms with E-state index in [1.54, 1.807) is 12.1 Å². The second-order valence-corrected chi connectivity index (χ2v) is 6.55. The number of rotatable bonds is 5. The van der Waals surface area contributed by atoms with E-state index in [0.29, 0.717) is 12.5 Å². The molecule has 0 spiro atoms. The first-order chi connectivity index (χ1) is 13.7. The maximum absolute atomic E-state index is 9.60. The first-order valence-electron chi connectivity index (χ1n) is 9.09. The van der Waals surface area contributed by atoms with Gasteiger partial charge in [0.25, 0.3) is 0 Å². The summed E-state index contributed by atoms with van der Waals surface area (Å²) in [7, 11) is 0. The molecule has 0 unspecified atom stereocenters. The molecule has 0 saturated carbocycles. The van der Waals surface area contributed by atoms with Crippen LogP contribution in [-0.2, 0) is 4.74 Å². The number of morpholine rings is 1. The normalized spacial score (nSPS) is 14.5. The average molecular weight is 406 g/mol. The van der Waals surface area contributed by atoms with Crippen LogP contribution in [-0.4, -0.2) is 63.9 Å². The summed E-state index contributed by atoms with van der Waals surface area (Å²) in [6, 6.07) is 13.4. The van der Waals surface area contributed by atoms with E-state index in [1.807, 2.05) is 35.9 Å². The number of benzene rings is 2. The molecule has 2 N–H and O–H groups in total. The Balaban J connectivity index is 0.00000109. The predicted octanol–water partition coefficient (Wildman–Crippen LogP) is 2.88. The largest absolute Gasteiger partial charge is 0.508 e. The number of hydrogen-bond donors (Lipinski definition) is 2. The summed E-state index contributed by atoms with van der Waals surface area (Å²) in [4.78, 5) is 2.34. The second kappa shape index (κ2) is 9.75. The van der Waals surface area contributed by atoms with Crippen molar-refractivity contribution in [2.45, 2.75) is 6.92 Å². The minimum absolute atomic E-state index is 0.275. The molecule has 150 valence electrons. The van der Waals surface area contributed by atoms with E-state index in [-0.39, 0.29) is 5.75 Å². The molecule has 2 heterocycles. The van der Waals surface area contributed by atoms with E-state index in [2.05, 4.69) is 27.9 Å². The van der Waals surface area contributed by atoms with Crippen molar-refractivity contribution in [3.63, 3.8) is 0 Å². The van der Waals surface area contributed by atoms with Gasteiger partial charge in [0.05, 0.1) is 30.8 Å². The number of aromatic hydroxyl groups is 1. The molecule has 3 aromatic rings. The minimum atomic E-state index is 0.275. The molecule has 7 nitrogen and oxygen atoms in total. The topological polar surface area (TPSA) is 80.0 Å². The molecular weight excluding hydrogens is 382 g/mol. The van der Waals surface area contributed by atoms with Crippen LogP contribution in [0.3, 0.4) is 0 Å². The molecule has 1 aromatic heterocycles. The molecule has 1 saturated heterocycles. The van der Waals surface area contributed by atoms with Gasteiger partial charge in [0, 0.05) is 31.4 Å². The Labute approximate surface area is 168 Å². The molecule has 0 bridgehead atoms. The zero-order valence-corrected chi connectivity index (χ0v) is 16.5. The van der Waals surface area contributed by atoms with Gasteiger partial charge in [-0.3, -0.25) is 9.56 Å². The third-order valence-corrected chi connectivity index (χ3v) is 4.68. The molecule has 28 heavy (non-hydrogen) atoms. The van der Waals surface area contributed by atoms with Gasteiger partial charge >= 0.3 is 0 Å². The molecule has 8 heteroatoms. The van der Waals surface area contributed by atoms with Crippen molar-refractivity contribution >= 4 is 22.6 Å². The van der Waals surface area contributed by atoms with Crippen LogP contribution in [0.4, 0.5) is 0 Å². The summed E-state index contributed by atoms with van der Waals surface area (Å²) in [6.45, 7) is 7.04. The fourth-order valence-corrected chi connectivity index (χ4v) is 3.23. The van der Waals surface area contributed by atoms with Crippen LogP contribution in [0, 0.1) is 6.92 Å². The third-order valence-electron chi connectivity index (χ3n) is 4.68. The standard InChI is InChI=1S/C20H23N3O3.ClHO/c1-15-12-20(26-11-8-22-6-9-25-10-7-22)21-23(15)18-4-2-17-14-19(24)5-3-16(17)13-18;1-2/h2-5,12-14,24H,6-11H2,1H3;2H. The highest BCUT2D eigenvalue weighted by Crippen LogP contribution is 2.24. The monoisotopic (exact) mass is 405 g/mol. The van der Waals surface area contributed by atoms with E-state index >= 15 is 0 Å². The van der Waals surface area contributed by atoms with Crippen LogP contribution >= 0.6 is 11.9 Å². The molecule has 0 radical (unpaired) electrons. The van der Waals surface area contributed by atoms with Crippen molar-refractivity contribution in [1.82, 2.24) is 14.7 Å². The minimum Gasteiger partial charge on any atom is -0.508 e. The molecule has 2 aromatic carbocycles. The van der Waals surface area contributed by atoms with E-state index in [1.165, 1.54) is 0 Å². The fraction of sp³-hybridized carbons (Fsp3) is 0.350. The summed E-state index contributed by atoms with van der Waals surface area (Å²) >= 11 is 3.64. The molecule has 1 fully saturated rings.